The Morgan fingerprint density at radius 3 is 2.72 bits per heavy atom. The zero-order valence-electron chi connectivity index (χ0n) is 10.6. The maximum Gasteiger partial charge on any atom is 0.323 e. The summed E-state index contributed by atoms with van der Waals surface area (Å²) in [6.45, 7) is 5.79. The van der Waals surface area contributed by atoms with E-state index in [0.29, 0.717) is 6.54 Å². The predicted octanol–water partition coefficient (Wildman–Crippen LogP) is 0.382. The molecule has 6 nitrogen and oxygen atoms in total. The molecule has 2 amide bonds. The molecule has 1 heterocycles. The quantitative estimate of drug-likeness (QED) is 0.697. The molecule has 1 aliphatic rings. The Bertz CT molecular complexity index is 332. The summed E-state index contributed by atoms with van der Waals surface area (Å²) in [5.41, 5.74) is 0. The molecule has 6 heteroatoms. The molecule has 1 saturated heterocycles. The molecule has 0 bridgehead atoms. The monoisotopic (exact) mass is 256 g/mol. The van der Waals surface area contributed by atoms with Crippen LogP contribution in [-0.4, -0.2) is 64.3 Å². The number of rotatable bonds is 5. The largest absolute Gasteiger partial charge is 0.480 e. The summed E-state index contributed by atoms with van der Waals surface area (Å²) < 4.78 is 0. The number of nitrogens with zero attached hydrogens (tertiary/aromatic N) is 2. The molecular formula is C12H20N2O4. The highest BCUT2D eigenvalue weighted by Crippen LogP contribution is 2.24. The third-order valence-electron chi connectivity index (χ3n) is 3.26. The standard InChI is InChI=1S/C12H20N2O4/c1-3-5-13(7-11(16)17)12(18)14-6-4-9(2)10(14)8-15/h3,9-10,15H,1,4-8H2,2H3,(H,16,17). The maximum atomic E-state index is 12.2. The summed E-state index contributed by atoms with van der Waals surface area (Å²) in [6.07, 6.45) is 2.32. The lowest BCUT2D eigenvalue weighted by atomic mass is 10.0. The number of amides is 2. The first-order valence-electron chi connectivity index (χ1n) is 6.00. The minimum absolute atomic E-state index is 0.0953. The van der Waals surface area contributed by atoms with Gasteiger partial charge >= 0.3 is 12.0 Å². The van der Waals surface area contributed by atoms with Gasteiger partial charge in [-0.05, 0) is 12.3 Å². The van der Waals surface area contributed by atoms with E-state index in [4.69, 9.17) is 5.11 Å². The Morgan fingerprint density at radius 2 is 2.22 bits per heavy atom. The van der Waals surface area contributed by atoms with Gasteiger partial charge in [-0.15, -0.1) is 6.58 Å². The molecule has 18 heavy (non-hydrogen) atoms. The summed E-state index contributed by atoms with van der Waals surface area (Å²) in [5, 5.41) is 18.1. The van der Waals surface area contributed by atoms with Gasteiger partial charge in [0.15, 0.2) is 0 Å². The van der Waals surface area contributed by atoms with Crippen molar-refractivity contribution in [2.24, 2.45) is 5.92 Å². The topological polar surface area (TPSA) is 81.1 Å². The van der Waals surface area contributed by atoms with Crippen LogP contribution in [0.2, 0.25) is 0 Å². The predicted molar refractivity (Wildman–Crippen MR) is 66.2 cm³/mol. The van der Waals surface area contributed by atoms with Gasteiger partial charge in [0, 0.05) is 13.1 Å². The number of carbonyl (C=O) groups is 2. The summed E-state index contributed by atoms with van der Waals surface area (Å²) >= 11 is 0. The molecule has 0 aliphatic carbocycles. The Hall–Kier alpha value is -1.56. The second-order valence-corrected chi connectivity index (χ2v) is 4.55. The lowest BCUT2D eigenvalue weighted by Gasteiger charge is -2.30. The molecule has 2 atom stereocenters. The second kappa shape index (κ2) is 6.39. The molecule has 0 radical (unpaired) electrons. The molecule has 1 fully saturated rings. The van der Waals surface area contributed by atoms with Crippen molar-refractivity contribution in [1.82, 2.24) is 9.80 Å². The normalized spacial score (nSPS) is 22.9. The van der Waals surface area contributed by atoms with Crippen molar-refractivity contribution >= 4 is 12.0 Å². The van der Waals surface area contributed by atoms with Gasteiger partial charge in [0.1, 0.15) is 6.54 Å². The average Bonchev–Trinajstić information content (AvgIpc) is 2.68. The minimum atomic E-state index is -1.06. The third kappa shape index (κ3) is 3.22. The van der Waals surface area contributed by atoms with Gasteiger partial charge in [-0.25, -0.2) is 4.79 Å². The van der Waals surface area contributed by atoms with Crippen molar-refractivity contribution < 1.29 is 19.8 Å². The fraction of sp³-hybridized carbons (Fsp3) is 0.667. The lowest BCUT2D eigenvalue weighted by molar-refractivity contribution is -0.137. The number of carbonyl (C=O) groups excluding carboxylic acids is 1. The van der Waals surface area contributed by atoms with Gasteiger partial charge in [0.25, 0.3) is 0 Å². The van der Waals surface area contributed by atoms with Gasteiger partial charge in [-0.3, -0.25) is 4.79 Å². The fourth-order valence-electron chi connectivity index (χ4n) is 2.24. The number of aliphatic hydroxyl groups is 1. The summed E-state index contributed by atoms with van der Waals surface area (Å²) in [7, 11) is 0. The Kier molecular flexibility index (Phi) is 5.15. The molecule has 1 rings (SSSR count). The van der Waals surface area contributed by atoms with Crippen molar-refractivity contribution in [2.45, 2.75) is 19.4 Å². The molecule has 0 saturated carbocycles. The second-order valence-electron chi connectivity index (χ2n) is 4.55. The summed E-state index contributed by atoms with van der Waals surface area (Å²) in [4.78, 5) is 25.7. The van der Waals surface area contributed by atoms with Crippen LogP contribution < -0.4 is 0 Å². The highest BCUT2D eigenvalue weighted by Gasteiger charge is 2.36. The highest BCUT2D eigenvalue weighted by molar-refractivity contribution is 5.80. The van der Waals surface area contributed by atoms with Crippen molar-refractivity contribution in [3.05, 3.63) is 12.7 Å². The number of likely N-dealkylation sites (tertiary alicyclic amines) is 1. The van der Waals surface area contributed by atoms with E-state index in [1.165, 1.54) is 11.0 Å². The van der Waals surface area contributed by atoms with Gasteiger partial charge in [0.2, 0.25) is 0 Å². The van der Waals surface area contributed by atoms with Crippen LogP contribution in [0.25, 0.3) is 0 Å². The van der Waals surface area contributed by atoms with Crippen molar-refractivity contribution in [3.63, 3.8) is 0 Å². The van der Waals surface area contributed by atoms with Crippen LogP contribution in [0.3, 0.4) is 0 Å². The van der Waals surface area contributed by atoms with Crippen molar-refractivity contribution in [3.8, 4) is 0 Å². The molecule has 2 unspecified atom stereocenters. The van der Waals surface area contributed by atoms with E-state index < -0.39 is 5.97 Å². The Balaban J connectivity index is 2.75. The number of urea groups is 1. The smallest absolute Gasteiger partial charge is 0.323 e. The van der Waals surface area contributed by atoms with Crippen molar-refractivity contribution in [2.75, 3.05) is 26.2 Å². The molecule has 0 aromatic carbocycles. The molecule has 2 N–H and O–H groups in total. The summed E-state index contributed by atoms with van der Waals surface area (Å²) in [5.74, 6) is -0.827. The third-order valence-corrected chi connectivity index (χ3v) is 3.26. The maximum absolute atomic E-state index is 12.2. The SMILES string of the molecule is C=CCN(CC(=O)O)C(=O)N1CCC(C)C1CO. The van der Waals surface area contributed by atoms with Crippen LogP contribution in [-0.2, 0) is 4.79 Å². The van der Waals surface area contributed by atoms with Gasteiger partial charge in [-0.2, -0.15) is 0 Å². The van der Waals surface area contributed by atoms with Gasteiger partial charge in [0.05, 0.1) is 12.6 Å². The van der Waals surface area contributed by atoms with Crippen LogP contribution in [0.1, 0.15) is 13.3 Å². The number of hydrogen-bond acceptors (Lipinski definition) is 3. The molecular weight excluding hydrogens is 236 g/mol. The lowest BCUT2D eigenvalue weighted by Crippen LogP contribution is -2.49. The first-order valence-corrected chi connectivity index (χ1v) is 6.00. The van der Waals surface area contributed by atoms with Crippen LogP contribution in [0.5, 0.6) is 0 Å². The van der Waals surface area contributed by atoms with E-state index >= 15 is 0 Å². The average molecular weight is 256 g/mol. The Labute approximate surface area is 106 Å². The van der Waals surface area contributed by atoms with Crippen LogP contribution in [0, 0.1) is 5.92 Å². The molecule has 0 spiro atoms. The minimum Gasteiger partial charge on any atom is -0.480 e. The summed E-state index contributed by atoms with van der Waals surface area (Å²) in [6, 6.07) is -0.570. The van der Waals surface area contributed by atoms with Crippen LogP contribution >= 0.6 is 0 Å². The molecule has 1 aliphatic heterocycles. The van der Waals surface area contributed by atoms with Crippen molar-refractivity contribution in [1.29, 1.82) is 0 Å². The van der Waals surface area contributed by atoms with E-state index in [-0.39, 0.29) is 37.7 Å². The van der Waals surface area contributed by atoms with Gasteiger partial charge < -0.3 is 20.0 Å². The van der Waals surface area contributed by atoms with E-state index in [1.807, 2.05) is 6.92 Å². The van der Waals surface area contributed by atoms with E-state index in [2.05, 4.69) is 6.58 Å². The zero-order valence-corrected chi connectivity index (χ0v) is 10.6. The highest BCUT2D eigenvalue weighted by atomic mass is 16.4. The van der Waals surface area contributed by atoms with E-state index in [9.17, 15) is 14.7 Å². The van der Waals surface area contributed by atoms with Crippen LogP contribution in [0.15, 0.2) is 12.7 Å². The fourth-order valence-corrected chi connectivity index (χ4v) is 2.24. The first-order chi connectivity index (χ1) is 8.51. The number of carboxylic acids is 1. The number of aliphatic hydroxyl groups excluding tert-OH is 1. The van der Waals surface area contributed by atoms with Gasteiger partial charge in [-0.1, -0.05) is 13.0 Å². The zero-order chi connectivity index (χ0) is 13.7. The molecule has 102 valence electrons. The van der Waals surface area contributed by atoms with E-state index in [0.717, 1.165) is 6.42 Å². The first kappa shape index (κ1) is 14.5. The Morgan fingerprint density at radius 1 is 1.56 bits per heavy atom. The number of carboxylic acid groups (broad SMARTS) is 1. The van der Waals surface area contributed by atoms with Crippen LogP contribution in [0.4, 0.5) is 4.79 Å². The number of aliphatic carboxylic acids is 1. The molecule has 0 aromatic heterocycles. The molecule has 0 aromatic rings. The number of hydrogen-bond donors (Lipinski definition) is 2. The van der Waals surface area contributed by atoms with E-state index in [1.54, 1.807) is 4.90 Å².